The third kappa shape index (κ3) is 5.16. The Morgan fingerprint density at radius 2 is 1.63 bits per heavy atom. The molecule has 1 amide bonds. The van der Waals surface area contributed by atoms with E-state index in [0.717, 1.165) is 12.8 Å². The zero-order valence-corrected chi connectivity index (χ0v) is 20.5. The van der Waals surface area contributed by atoms with Crippen LogP contribution in [0.4, 0.5) is 0 Å². The molecule has 1 fully saturated rings. The van der Waals surface area contributed by atoms with Crippen molar-refractivity contribution in [3.05, 3.63) is 48.0 Å². The lowest BCUT2D eigenvalue weighted by Crippen LogP contribution is -2.40. The van der Waals surface area contributed by atoms with Crippen molar-refractivity contribution in [2.45, 2.75) is 19.8 Å². The Morgan fingerprint density at radius 3 is 2.26 bits per heavy atom. The van der Waals surface area contributed by atoms with Gasteiger partial charge in [0, 0.05) is 24.0 Å². The molecule has 184 valence electrons. The molecule has 1 aromatic heterocycles. The van der Waals surface area contributed by atoms with Crippen LogP contribution < -0.4 is 14.2 Å². The van der Waals surface area contributed by atoms with Gasteiger partial charge < -0.3 is 23.8 Å². The Kier molecular flexibility index (Phi) is 7.39. The fourth-order valence-corrected chi connectivity index (χ4v) is 4.28. The first-order valence-corrected chi connectivity index (χ1v) is 11.6. The lowest BCUT2D eigenvalue weighted by molar-refractivity contribution is -0.135. The van der Waals surface area contributed by atoms with Crippen molar-refractivity contribution in [2.75, 3.05) is 41.0 Å². The number of rotatable bonds is 7. The average Bonchev–Trinajstić information content (AvgIpc) is 2.90. The van der Waals surface area contributed by atoms with Crippen LogP contribution in [0.1, 0.15) is 30.1 Å². The van der Waals surface area contributed by atoms with E-state index < -0.39 is 5.97 Å². The quantitative estimate of drug-likeness (QED) is 0.467. The number of nitrogens with zero attached hydrogens (tertiary/aromatic N) is 2. The Hall–Kier alpha value is -3.81. The monoisotopic (exact) mass is 478 g/mol. The number of amides is 1. The number of carbonyl (C=O) groups is 2. The van der Waals surface area contributed by atoms with Crippen LogP contribution in [0.15, 0.2) is 42.5 Å². The van der Waals surface area contributed by atoms with Crippen LogP contribution >= 0.6 is 0 Å². The second kappa shape index (κ2) is 10.6. The van der Waals surface area contributed by atoms with Gasteiger partial charge in [-0.2, -0.15) is 0 Å². The molecule has 3 aromatic rings. The van der Waals surface area contributed by atoms with Crippen molar-refractivity contribution < 1.29 is 28.5 Å². The lowest BCUT2D eigenvalue weighted by Gasteiger charge is -2.30. The summed E-state index contributed by atoms with van der Waals surface area (Å²) < 4.78 is 21.8. The summed E-state index contributed by atoms with van der Waals surface area (Å²) in [5.41, 5.74) is 2.17. The largest absolute Gasteiger partial charge is 0.493 e. The molecule has 0 spiro atoms. The van der Waals surface area contributed by atoms with E-state index >= 15 is 0 Å². The highest BCUT2D eigenvalue weighted by atomic mass is 16.5. The molecule has 0 bridgehead atoms. The van der Waals surface area contributed by atoms with Crippen LogP contribution in [0, 0.1) is 5.92 Å². The summed E-state index contributed by atoms with van der Waals surface area (Å²) in [7, 11) is 4.61. The molecule has 1 saturated heterocycles. The van der Waals surface area contributed by atoms with Crippen molar-refractivity contribution >= 4 is 22.8 Å². The minimum Gasteiger partial charge on any atom is -0.493 e. The molecule has 8 heteroatoms. The highest BCUT2D eigenvalue weighted by Gasteiger charge is 2.23. The molecule has 2 heterocycles. The predicted molar refractivity (Wildman–Crippen MR) is 132 cm³/mol. The van der Waals surface area contributed by atoms with E-state index in [4.69, 9.17) is 23.9 Å². The summed E-state index contributed by atoms with van der Waals surface area (Å²) in [6.07, 6.45) is 1.93. The molecule has 4 rings (SSSR count). The standard InChI is InChI=1S/C27H30N2O6/c1-17-9-11-29(12-10-17)25(30)16-35-27(31)20-15-22(28-21-8-6-5-7-19(20)21)18-13-23(32-2)26(34-4)24(14-18)33-3/h5-8,13-15,17H,9-12,16H2,1-4H3. The number of carbonyl (C=O) groups excluding carboxylic acids is 2. The molecular formula is C27H30N2O6. The second-order valence-electron chi connectivity index (χ2n) is 8.63. The third-order valence-corrected chi connectivity index (χ3v) is 6.36. The number of piperidine rings is 1. The van der Waals surface area contributed by atoms with Gasteiger partial charge in [-0.15, -0.1) is 0 Å². The number of hydrogen-bond donors (Lipinski definition) is 0. The normalized spacial score (nSPS) is 14.0. The maximum atomic E-state index is 13.1. The summed E-state index contributed by atoms with van der Waals surface area (Å²) in [6.45, 7) is 3.29. The van der Waals surface area contributed by atoms with E-state index in [1.54, 1.807) is 23.1 Å². The van der Waals surface area contributed by atoms with Gasteiger partial charge in [-0.1, -0.05) is 25.1 Å². The Morgan fingerprint density at radius 1 is 0.971 bits per heavy atom. The first-order valence-electron chi connectivity index (χ1n) is 11.6. The summed E-state index contributed by atoms with van der Waals surface area (Å²) in [6, 6.07) is 12.5. The molecule has 35 heavy (non-hydrogen) atoms. The molecule has 2 aromatic carbocycles. The Labute approximate surface area is 204 Å². The molecule has 0 radical (unpaired) electrons. The second-order valence-corrected chi connectivity index (χ2v) is 8.63. The lowest BCUT2D eigenvalue weighted by atomic mass is 9.99. The fraction of sp³-hybridized carbons (Fsp3) is 0.370. The number of fused-ring (bicyclic) bond motifs is 1. The SMILES string of the molecule is COc1cc(-c2cc(C(=O)OCC(=O)N3CCC(C)CC3)c3ccccc3n2)cc(OC)c1OC. The first kappa shape index (κ1) is 24.3. The van der Waals surface area contributed by atoms with Crippen LogP contribution in [-0.4, -0.2) is 62.8 Å². The number of benzene rings is 2. The van der Waals surface area contributed by atoms with Gasteiger partial charge in [0.05, 0.1) is 38.1 Å². The molecular weight excluding hydrogens is 448 g/mol. The minimum absolute atomic E-state index is 0.173. The van der Waals surface area contributed by atoms with Gasteiger partial charge in [0.2, 0.25) is 5.75 Å². The molecule has 0 atom stereocenters. The Bertz CT molecular complexity index is 1210. The highest BCUT2D eigenvalue weighted by Crippen LogP contribution is 2.41. The molecule has 1 aliphatic heterocycles. The fourth-order valence-electron chi connectivity index (χ4n) is 4.28. The van der Waals surface area contributed by atoms with Gasteiger partial charge in [0.25, 0.3) is 5.91 Å². The topological polar surface area (TPSA) is 87.2 Å². The molecule has 0 unspecified atom stereocenters. The average molecular weight is 479 g/mol. The summed E-state index contributed by atoms with van der Waals surface area (Å²) in [4.78, 5) is 32.2. The van der Waals surface area contributed by atoms with Crippen molar-refractivity contribution in [1.82, 2.24) is 9.88 Å². The van der Waals surface area contributed by atoms with E-state index in [0.29, 0.717) is 64.0 Å². The first-order chi connectivity index (χ1) is 16.9. The van der Waals surface area contributed by atoms with E-state index in [1.807, 2.05) is 24.3 Å². The summed E-state index contributed by atoms with van der Waals surface area (Å²) in [5.74, 6) is 1.28. The van der Waals surface area contributed by atoms with Gasteiger partial charge >= 0.3 is 5.97 Å². The number of pyridine rings is 1. The van der Waals surface area contributed by atoms with Gasteiger partial charge in [0.1, 0.15) is 0 Å². The van der Waals surface area contributed by atoms with E-state index in [9.17, 15) is 9.59 Å². The minimum atomic E-state index is -0.573. The predicted octanol–water partition coefficient (Wildman–Crippen LogP) is 4.34. The third-order valence-electron chi connectivity index (χ3n) is 6.36. The van der Waals surface area contributed by atoms with E-state index in [-0.39, 0.29) is 12.5 Å². The molecule has 1 aliphatic rings. The number of hydrogen-bond acceptors (Lipinski definition) is 7. The molecule has 0 N–H and O–H groups in total. The number of likely N-dealkylation sites (tertiary alicyclic amines) is 1. The smallest absolute Gasteiger partial charge is 0.339 e. The number of ether oxygens (including phenoxy) is 4. The number of aromatic nitrogens is 1. The number of methoxy groups -OCH3 is 3. The molecule has 0 saturated carbocycles. The van der Waals surface area contributed by atoms with Crippen molar-refractivity contribution in [3.63, 3.8) is 0 Å². The Balaban J connectivity index is 1.65. The van der Waals surface area contributed by atoms with Crippen LogP contribution in [0.3, 0.4) is 0 Å². The zero-order valence-electron chi connectivity index (χ0n) is 20.5. The maximum Gasteiger partial charge on any atom is 0.339 e. The highest BCUT2D eigenvalue weighted by molar-refractivity contribution is 6.05. The van der Waals surface area contributed by atoms with E-state index in [1.165, 1.54) is 21.3 Å². The van der Waals surface area contributed by atoms with Crippen LogP contribution in [-0.2, 0) is 9.53 Å². The summed E-state index contributed by atoms with van der Waals surface area (Å²) >= 11 is 0. The van der Waals surface area contributed by atoms with Crippen molar-refractivity contribution in [2.24, 2.45) is 5.92 Å². The van der Waals surface area contributed by atoms with Crippen molar-refractivity contribution in [1.29, 1.82) is 0 Å². The van der Waals surface area contributed by atoms with E-state index in [2.05, 4.69) is 6.92 Å². The number of esters is 1. The number of para-hydroxylation sites is 1. The van der Waals surface area contributed by atoms with Crippen LogP contribution in [0.5, 0.6) is 17.2 Å². The van der Waals surface area contributed by atoms with Gasteiger partial charge in [-0.3, -0.25) is 4.79 Å². The summed E-state index contributed by atoms with van der Waals surface area (Å²) in [5, 5.41) is 0.646. The van der Waals surface area contributed by atoms with Gasteiger partial charge in [0.15, 0.2) is 18.1 Å². The maximum absolute atomic E-state index is 13.1. The van der Waals surface area contributed by atoms with Crippen molar-refractivity contribution in [3.8, 4) is 28.5 Å². The molecule has 0 aliphatic carbocycles. The van der Waals surface area contributed by atoms with Crippen LogP contribution in [0.25, 0.3) is 22.2 Å². The zero-order chi connectivity index (χ0) is 24.9. The van der Waals surface area contributed by atoms with Crippen LogP contribution in [0.2, 0.25) is 0 Å². The van der Waals surface area contributed by atoms with Gasteiger partial charge in [-0.05, 0) is 43.0 Å². The van der Waals surface area contributed by atoms with Gasteiger partial charge in [-0.25, -0.2) is 9.78 Å². The molecule has 8 nitrogen and oxygen atoms in total.